The van der Waals surface area contributed by atoms with E-state index in [0.717, 1.165) is 19.7 Å². The summed E-state index contributed by atoms with van der Waals surface area (Å²) in [6, 6.07) is 1.99. The van der Waals surface area contributed by atoms with Gasteiger partial charge in [-0.3, -0.25) is 4.90 Å². The molecule has 3 unspecified atom stereocenters. The molecule has 1 aliphatic carbocycles. The lowest BCUT2D eigenvalue weighted by Crippen LogP contribution is -2.54. The fourth-order valence-electron chi connectivity index (χ4n) is 3.57. The van der Waals surface area contributed by atoms with Crippen LogP contribution in [0.25, 0.3) is 0 Å². The van der Waals surface area contributed by atoms with E-state index in [1.54, 1.807) is 0 Å². The van der Waals surface area contributed by atoms with Gasteiger partial charge in [-0.1, -0.05) is 39.5 Å². The Hall–Kier alpha value is -0.120. The third-order valence-corrected chi connectivity index (χ3v) is 5.02. The maximum atomic E-state index is 5.37. The van der Waals surface area contributed by atoms with Gasteiger partial charge in [0.1, 0.15) is 0 Å². The Morgan fingerprint density at radius 3 is 2.48 bits per heavy atom. The SMILES string of the molecule is CCCNC1CCCCCCC1N(CCOC)C(C)CC. The minimum atomic E-state index is 0.649. The molecule has 0 aromatic heterocycles. The van der Waals surface area contributed by atoms with Crippen molar-refractivity contribution in [3.8, 4) is 0 Å². The zero-order chi connectivity index (χ0) is 15.5. The molecule has 1 aliphatic rings. The number of hydrogen-bond donors (Lipinski definition) is 1. The maximum Gasteiger partial charge on any atom is 0.0589 e. The van der Waals surface area contributed by atoms with Gasteiger partial charge in [-0.05, 0) is 39.2 Å². The molecule has 1 rings (SSSR count). The lowest BCUT2D eigenvalue weighted by atomic mass is 9.90. The molecule has 3 atom stereocenters. The standard InChI is InChI=1S/C18H38N2O/c1-5-13-19-17-11-9-7-8-10-12-18(17)20(14-15-21-4)16(3)6-2/h16-19H,5-15H2,1-4H3. The topological polar surface area (TPSA) is 24.5 Å². The van der Waals surface area contributed by atoms with Crippen LogP contribution >= 0.6 is 0 Å². The fraction of sp³-hybridized carbons (Fsp3) is 1.00. The highest BCUT2D eigenvalue weighted by atomic mass is 16.5. The second-order valence-electron chi connectivity index (χ2n) is 6.61. The van der Waals surface area contributed by atoms with Crippen molar-refractivity contribution in [2.24, 2.45) is 0 Å². The highest BCUT2D eigenvalue weighted by molar-refractivity contribution is 4.88. The summed E-state index contributed by atoms with van der Waals surface area (Å²) in [5.41, 5.74) is 0. The number of hydrogen-bond acceptors (Lipinski definition) is 3. The molecule has 0 amide bonds. The normalized spacial score (nSPS) is 25.6. The van der Waals surface area contributed by atoms with Gasteiger partial charge in [0.25, 0.3) is 0 Å². The number of methoxy groups -OCH3 is 1. The monoisotopic (exact) mass is 298 g/mol. The van der Waals surface area contributed by atoms with Crippen molar-refractivity contribution < 1.29 is 4.74 Å². The van der Waals surface area contributed by atoms with Crippen LogP contribution in [0.1, 0.15) is 72.1 Å². The van der Waals surface area contributed by atoms with Gasteiger partial charge in [0, 0.05) is 31.8 Å². The van der Waals surface area contributed by atoms with Crippen molar-refractivity contribution in [2.45, 2.75) is 90.3 Å². The minimum absolute atomic E-state index is 0.649. The lowest BCUT2D eigenvalue weighted by Gasteiger charge is -2.42. The highest BCUT2D eigenvalue weighted by Gasteiger charge is 2.29. The summed E-state index contributed by atoms with van der Waals surface area (Å²) in [5, 5.41) is 3.84. The highest BCUT2D eigenvalue weighted by Crippen LogP contribution is 2.24. The van der Waals surface area contributed by atoms with Crippen molar-refractivity contribution in [1.82, 2.24) is 10.2 Å². The van der Waals surface area contributed by atoms with E-state index in [2.05, 4.69) is 31.0 Å². The third-order valence-electron chi connectivity index (χ3n) is 5.02. The molecule has 0 radical (unpaired) electrons. The molecule has 126 valence electrons. The van der Waals surface area contributed by atoms with Crippen molar-refractivity contribution in [3.05, 3.63) is 0 Å². The van der Waals surface area contributed by atoms with Gasteiger partial charge < -0.3 is 10.1 Å². The molecular weight excluding hydrogens is 260 g/mol. The average Bonchev–Trinajstić information content (AvgIpc) is 2.48. The first-order valence-corrected chi connectivity index (χ1v) is 9.22. The summed E-state index contributed by atoms with van der Waals surface area (Å²) in [7, 11) is 1.82. The molecule has 0 saturated heterocycles. The third kappa shape index (κ3) is 6.66. The first-order chi connectivity index (χ1) is 10.2. The Kier molecular flexibility index (Phi) is 10.3. The summed E-state index contributed by atoms with van der Waals surface area (Å²) in [6.07, 6.45) is 10.7. The molecule has 1 saturated carbocycles. The van der Waals surface area contributed by atoms with E-state index in [-0.39, 0.29) is 0 Å². The quantitative estimate of drug-likeness (QED) is 0.700. The molecule has 3 nitrogen and oxygen atoms in total. The molecular formula is C18H38N2O. The van der Waals surface area contributed by atoms with E-state index in [0.29, 0.717) is 18.1 Å². The van der Waals surface area contributed by atoms with Crippen LogP contribution in [0.2, 0.25) is 0 Å². The van der Waals surface area contributed by atoms with Crippen LogP contribution < -0.4 is 5.32 Å². The molecule has 1 fully saturated rings. The van der Waals surface area contributed by atoms with Gasteiger partial charge >= 0.3 is 0 Å². The summed E-state index contributed by atoms with van der Waals surface area (Å²) < 4.78 is 5.37. The molecule has 0 heterocycles. The molecule has 0 aromatic rings. The van der Waals surface area contributed by atoms with Crippen molar-refractivity contribution >= 4 is 0 Å². The molecule has 1 N–H and O–H groups in total. The van der Waals surface area contributed by atoms with Crippen LogP contribution in [0.5, 0.6) is 0 Å². The second-order valence-corrected chi connectivity index (χ2v) is 6.61. The number of ether oxygens (including phenoxy) is 1. The Balaban J connectivity index is 2.77. The van der Waals surface area contributed by atoms with Crippen molar-refractivity contribution in [1.29, 1.82) is 0 Å². The Labute approximate surface area is 132 Å². The molecule has 0 aliphatic heterocycles. The molecule has 0 spiro atoms. The number of nitrogens with zero attached hydrogens (tertiary/aromatic N) is 1. The number of rotatable bonds is 9. The predicted molar refractivity (Wildman–Crippen MR) is 91.9 cm³/mol. The number of nitrogens with one attached hydrogen (secondary N) is 1. The fourth-order valence-corrected chi connectivity index (χ4v) is 3.57. The van der Waals surface area contributed by atoms with E-state index in [1.165, 1.54) is 51.4 Å². The summed E-state index contributed by atoms with van der Waals surface area (Å²) in [6.45, 7) is 10.0. The van der Waals surface area contributed by atoms with Gasteiger partial charge in [0.05, 0.1) is 6.61 Å². The van der Waals surface area contributed by atoms with Crippen LogP contribution in [0.4, 0.5) is 0 Å². The van der Waals surface area contributed by atoms with Crippen LogP contribution in [-0.2, 0) is 4.74 Å². The van der Waals surface area contributed by atoms with Crippen LogP contribution in [-0.4, -0.2) is 49.8 Å². The first-order valence-electron chi connectivity index (χ1n) is 9.22. The largest absolute Gasteiger partial charge is 0.383 e. The van der Waals surface area contributed by atoms with Gasteiger partial charge in [-0.25, -0.2) is 0 Å². The predicted octanol–water partition coefficient (Wildman–Crippen LogP) is 3.82. The molecule has 3 heteroatoms. The summed E-state index contributed by atoms with van der Waals surface area (Å²) >= 11 is 0. The first kappa shape index (κ1) is 18.9. The smallest absolute Gasteiger partial charge is 0.0589 e. The minimum Gasteiger partial charge on any atom is -0.383 e. The van der Waals surface area contributed by atoms with Gasteiger partial charge in [0.15, 0.2) is 0 Å². The van der Waals surface area contributed by atoms with Gasteiger partial charge in [0.2, 0.25) is 0 Å². The van der Waals surface area contributed by atoms with E-state index >= 15 is 0 Å². The summed E-state index contributed by atoms with van der Waals surface area (Å²) in [5.74, 6) is 0. The maximum absolute atomic E-state index is 5.37. The van der Waals surface area contributed by atoms with Crippen LogP contribution in [0.3, 0.4) is 0 Å². The summed E-state index contributed by atoms with van der Waals surface area (Å²) in [4.78, 5) is 2.72. The molecule has 21 heavy (non-hydrogen) atoms. The zero-order valence-corrected chi connectivity index (χ0v) is 14.9. The van der Waals surface area contributed by atoms with Crippen LogP contribution in [0, 0.1) is 0 Å². The van der Waals surface area contributed by atoms with Crippen LogP contribution in [0.15, 0.2) is 0 Å². The molecule has 0 aromatic carbocycles. The second kappa shape index (κ2) is 11.4. The van der Waals surface area contributed by atoms with Crippen molar-refractivity contribution in [2.75, 3.05) is 26.8 Å². The Morgan fingerprint density at radius 2 is 1.86 bits per heavy atom. The van der Waals surface area contributed by atoms with Gasteiger partial charge in [-0.2, -0.15) is 0 Å². The van der Waals surface area contributed by atoms with E-state index < -0.39 is 0 Å². The molecule has 0 bridgehead atoms. The van der Waals surface area contributed by atoms with E-state index in [9.17, 15) is 0 Å². The lowest BCUT2D eigenvalue weighted by molar-refractivity contribution is 0.0600. The average molecular weight is 299 g/mol. The van der Waals surface area contributed by atoms with Gasteiger partial charge in [-0.15, -0.1) is 0 Å². The Bertz CT molecular complexity index is 245. The Morgan fingerprint density at radius 1 is 1.14 bits per heavy atom. The van der Waals surface area contributed by atoms with E-state index in [1.807, 2.05) is 7.11 Å². The zero-order valence-electron chi connectivity index (χ0n) is 14.9. The van der Waals surface area contributed by atoms with E-state index in [4.69, 9.17) is 4.74 Å². The van der Waals surface area contributed by atoms with Crippen molar-refractivity contribution in [3.63, 3.8) is 0 Å².